The maximum Gasteiger partial charge on any atom is 0.160 e. The Balaban J connectivity index is 0.000000992. The van der Waals surface area contributed by atoms with E-state index in [0.717, 1.165) is 58.3 Å². The largest absolute Gasteiger partial charge is 0.380 e. The number of hydrogen-bond acceptors (Lipinski definition) is 4. The van der Waals surface area contributed by atoms with Gasteiger partial charge in [-0.1, -0.05) is 130 Å². The molecule has 0 aliphatic heterocycles. The summed E-state index contributed by atoms with van der Waals surface area (Å²) in [4.78, 5) is 15.9. The van der Waals surface area contributed by atoms with E-state index < -0.39 is 5.82 Å². The standard InChI is InChI=1S/C24H23ClFN3O.C12H24.C6H14.C2H6/c1-4-17-9-16(5-6-19(17)15(3)30)12-28-23-8-14(2)7-20(21(23)11-27)24-22(25)10-18(26)13-29-24;1-6-11(4)9-12(5)8-7-10(2)3;1-4-6(3)5-2;1-2/h5-11,13,27-28H,4,12H2,1-3H3;10-11H,5-9H2,1-4H3;6H,4-5H2,1-3H3;1-2H3. The number of carbonyl (C=O) groups excluding carboxylic acids is 1. The first kappa shape index (κ1) is 46.7. The van der Waals surface area contributed by atoms with Gasteiger partial charge in [-0.2, -0.15) is 0 Å². The van der Waals surface area contributed by atoms with Crippen LogP contribution in [0, 0.1) is 35.9 Å². The Morgan fingerprint density at radius 2 is 1.62 bits per heavy atom. The molecule has 0 aliphatic rings. The van der Waals surface area contributed by atoms with Crippen LogP contribution in [-0.2, 0) is 13.0 Å². The average Bonchev–Trinajstić information content (AvgIpc) is 3.10. The summed E-state index contributed by atoms with van der Waals surface area (Å²) in [6.07, 6.45) is 10.8. The third-order valence-electron chi connectivity index (χ3n) is 8.75. The minimum atomic E-state index is -0.508. The molecule has 278 valence electrons. The number of anilines is 1. The third kappa shape index (κ3) is 17.1. The van der Waals surface area contributed by atoms with Gasteiger partial charge in [0.2, 0.25) is 0 Å². The van der Waals surface area contributed by atoms with Gasteiger partial charge < -0.3 is 10.7 Å². The molecule has 1 atom stereocenters. The van der Waals surface area contributed by atoms with Crippen LogP contribution < -0.4 is 5.32 Å². The van der Waals surface area contributed by atoms with Crippen molar-refractivity contribution >= 4 is 29.3 Å². The molecule has 2 N–H and O–H groups in total. The van der Waals surface area contributed by atoms with Gasteiger partial charge in [0.25, 0.3) is 0 Å². The number of aromatic nitrogens is 1. The van der Waals surface area contributed by atoms with Crippen molar-refractivity contribution < 1.29 is 9.18 Å². The van der Waals surface area contributed by atoms with Gasteiger partial charge in [-0.25, -0.2) is 4.39 Å². The third-order valence-corrected chi connectivity index (χ3v) is 9.04. The molecule has 4 nitrogen and oxygen atoms in total. The number of nitrogens with one attached hydrogen (secondary N) is 2. The Labute approximate surface area is 310 Å². The molecule has 3 rings (SSSR count). The van der Waals surface area contributed by atoms with Gasteiger partial charge in [0.15, 0.2) is 5.78 Å². The van der Waals surface area contributed by atoms with Crippen LogP contribution in [0.15, 0.2) is 54.7 Å². The predicted molar refractivity (Wildman–Crippen MR) is 219 cm³/mol. The maximum absolute atomic E-state index is 13.4. The number of carbonyl (C=O) groups is 1. The normalized spacial score (nSPS) is 11.0. The Hall–Kier alpha value is -3.31. The zero-order valence-corrected chi connectivity index (χ0v) is 34.1. The molecular weight excluding hydrogens is 641 g/mol. The van der Waals surface area contributed by atoms with Crippen molar-refractivity contribution in [3.05, 3.63) is 93.4 Å². The lowest BCUT2D eigenvalue weighted by Gasteiger charge is -2.16. The van der Waals surface area contributed by atoms with Crippen LogP contribution in [0.5, 0.6) is 0 Å². The molecular formula is C44H67ClFN3O. The maximum atomic E-state index is 13.4. The number of halogens is 2. The van der Waals surface area contributed by atoms with Crippen molar-refractivity contribution in [2.75, 3.05) is 5.32 Å². The van der Waals surface area contributed by atoms with E-state index in [1.165, 1.54) is 56.4 Å². The molecule has 1 heterocycles. The first-order valence-electron chi connectivity index (χ1n) is 18.7. The summed E-state index contributed by atoms with van der Waals surface area (Å²) in [6.45, 7) is 30.0. The van der Waals surface area contributed by atoms with Crippen molar-refractivity contribution in [3.8, 4) is 11.3 Å². The summed E-state index contributed by atoms with van der Waals surface area (Å²) in [5.74, 6) is 2.13. The molecule has 0 amide bonds. The van der Waals surface area contributed by atoms with E-state index in [2.05, 4.69) is 65.3 Å². The highest BCUT2D eigenvalue weighted by molar-refractivity contribution is 6.33. The number of allylic oxidation sites excluding steroid dienone is 1. The summed E-state index contributed by atoms with van der Waals surface area (Å²) in [5.41, 5.74) is 7.68. The number of Topliss-reactive ketones (excluding diaryl/α,β-unsaturated/α-hetero) is 1. The number of benzene rings is 2. The molecule has 0 saturated carbocycles. The number of aryl methyl sites for hydroxylation is 2. The number of rotatable bonds is 15. The average molecular weight is 708 g/mol. The second-order valence-electron chi connectivity index (χ2n) is 13.5. The first-order chi connectivity index (χ1) is 23.7. The topological polar surface area (TPSA) is 65.8 Å². The van der Waals surface area contributed by atoms with E-state index in [0.29, 0.717) is 23.4 Å². The van der Waals surface area contributed by atoms with E-state index in [1.54, 1.807) is 6.92 Å². The number of pyridine rings is 1. The van der Waals surface area contributed by atoms with E-state index in [-0.39, 0.29) is 10.8 Å². The highest BCUT2D eigenvalue weighted by atomic mass is 35.5. The summed E-state index contributed by atoms with van der Waals surface area (Å²) in [7, 11) is 0. The van der Waals surface area contributed by atoms with Gasteiger partial charge in [0.05, 0.1) is 16.9 Å². The fourth-order valence-electron chi connectivity index (χ4n) is 5.02. The van der Waals surface area contributed by atoms with Crippen molar-refractivity contribution in [1.82, 2.24) is 4.98 Å². The number of nitrogens with zero attached hydrogens (tertiary/aromatic N) is 1. The van der Waals surface area contributed by atoms with E-state index in [1.807, 2.05) is 58.0 Å². The zero-order chi connectivity index (χ0) is 38.4. The smallest absolute Gasteiger partial charge is 0.160 e. The molecule has 2 aromatic carbocycles. The quantitative estimate of drug-likeness (QED) is 0.0938. The first-order valence-corrected chi connectivity index (χ1v) is 19.1. The fraction of sp³-hybridized carbons (Fsp3) is 0.523. The van der Waals surface area contributed by atoms with Crippen molar-refractivity contribution in [2.45, 2.75) is 135 Å². The summed E-state index contributed by atoms with van der Waals surface area (Å²) in [6, 6.07) is 10.9. The summed E-state index contributed by atoms with van der Waals surface area (Å²) in [5, 5.41) is 11.5. The zero-order valence-electron chi connectivity index (χ0n) is 33.3. The molecule has 0 bridgehead atoms. The molecule has 0 fully saturated rings. The molecule has 0 radical (unpaired) electrons. The minimum absolute atomic E-state index is 0.0597. The van der Waals surface area contributed by atoms with Gasteiger partial charge in [-0.15, -0.1) is 0 Å². The second kappa shape index (κ2) is 25.6. The Morgan fingerprint density at radius 3 is 2.10 bits per heavy atom. The molecule has 1 unspecified atom stereocenters. The van der Waals surface area contributed by atoms with Crippen LogP contribution in [0.1, 0.15) is 147 Å². The Bertz CT molecular complexity index is 1460. The van der Waals surface area contributed by atoms with Crippen LogP contribution in [0.4, 0.5) is 10.1 Å². The summed E-state index contributed by atoms with van der Waals surface area (Å²) >= 11 is 6.22. The number of ketones is 1. The highest BCUT2D eigenvalue weighted by Crippen LogP contribution is 2.33. The molecule has 6 heteroatoms. The van der Waals surface area contributed by atoms with Crippen LogP contribution in [0.2, 0.25) is 5.02 Å². The fourth-order valence-corrected chi connectivity index (χ4v) is 5.27. The molecule has 50 heavy (non-hydrogen) atoms. The number of hydrogen-bond donors (Lipinski definition) is 2. The molecule has 0 spiro atoms. The second-order valence-corrected chi connectivity index (χ2v) is 13.9. The minimum Gasteiger partial charge on any atom is -0.380 e. The lowest BCUT2D eigenvalue weighted by molar-refractivity contribution is 0.101. The van der Waals surface area contributed by atoms with Crippen molar-refractivity contribution in [1.29, 1.82) is 5.41 Å². The highest BCUT2D eigenvalue weighted by Gasteiger charge is 2.15. The van der Waals surface area contributed by atoms with Gasteiger partial charge >= 0.3 is 0 Å². The monoisotopic (exact) mass is 707 g/mol. The van der Waals surface area contributed by atoms with Crippen molar-refractivity contribution in [2.24, 2.45) is 17.8 Å². The summed E-state index contributed by atoms with van der Waals surface area (Å²) < 4.78 is 13.4. The van der Waals surface area contributed by atoms with Crippen molar-refractivity contribution in [3.63, 3.8) is 0 Å². The van der Waals surface area contributed by atoms with Crippen LogP contribution in [-0.4, -0.2) is 17.0 Å². The van der Waals surface area contributed by atoms with Crippen LogP contribution in [0.3, 0.4) is 0 Å². The Kier molecular flexibility index (Phi) is 23.9. The lowest BCUT2D eigenvalue weighted by atomic mass is 9.95. The predicted octanol–water partition coefficient (Wildman–Crippen LogP) is 14.1. The molecule has 3 aromatic rings. The SMILES string of the molecule is C=C(CCC(C)C)CC(C)CC.CC.CCC(C)CC.CCc1cc(CNc2cc(C)cc(-c3ncc(F)cc3Cl)c2C=N)ccc1C(C)=O. The van der Waals surface area contributed by atoms with Gasteiger partial charge in [-0.3, -0.25) is 9.78 Å². The van der Waals surface area contributed by atoms with E-state index in [9.17, 15) is 9.18 Å². The Morgan fingerprint density at radius 1 is 1.00 bits per heavy atom. The van der Waals surface area contributed by atoms with E-state index in [4.69, 9.17) is 17.0 Å². The van der Waals surface area contributed by atoms with Crippen LogP contribution in [0.25, 0.3) is 11.3 Å². The van der Waals surface area contributed by atoms with Crippen LogP contribution >= 0.6 is 11.6 Å². The van der Waals surface area contributed by atoms with Gasteiger partial charge in [0, 0.05) is 35.1 Å². The lowest BCUT2D eigenvalue weighted by Crippen LogP contribution is -2.06. The van der Waals surface area contributed by atoms with E-state index >= 15 is 0 Å². The molecule has 1 aromatic heterocycles. The molecule has 0 saturated heterocycles. The van der Waals surface area contributed by atoms with Gasteiger partial charge in [0.1, 0.15) is 5.82 Å². The van der Waals surface area contributed by atoms with Gasteiger partial charge in [-0.05, 0) is 92.2 Å². The molecule has 0 aliphatic carbocycles.